The molecule has 21 heavy (non-hydrogen) atoms. The van der Waals surface area contributed by atoms with Gasteiger partial charge in [0.2, 0.25) is 0 Å². The van der Waals surface area contributed by atoms with Crippen LogP contribution in [0.3, 0.4) is 0 Å². The van der Waals surface area contributed by atoms with Gasteiger partial charge in [0.05, 0.1) is 0 Å². The highest BCUT2D eigenvalue weighted by Crippen LogP contribution is 2.23. The van der Waals surface area contributed by atoms with Crippen molar-refractivity contribution >= 4 is 17.5 Å². The Kier molecular flexibility index (Phi) is 4.58. The first-order chi connectivity index (χ1) is 9.86. The molecule has 0 unspecified atom stereocenters. The van der Waals surface area contributed by atoms with Gasteiger partial charge in [-0.2, -0.15) is 0 Å². The van der Waals surface area contributed by atoms with Crippen molar-refractivity contribution in [1.82, 2.24) is 15.3 Å². The molecule has 0 aliphatic heterocycles. The van der Waals surface area contributed by atoms with Crippen LogP contribution in [0.15, 0.2) is 36.7 Å². The molecule has 0 aliphatic rings. The molecule has 0 bridgehead atoms. The predicted molar refractivity (Wildman–Crippen MR) is 83.4 cm³/mol. The summed E-state index contributed by atoms with van der Waals surface area (Å²) in [6, 6.07) is 7.11. The second kappa shape index (κ2) is 6.22. The summed E-state index contributed by atoms with van der Waals surface area (Å²) in [5.74, 6) is -0.173. The number of pyridine rings is 2. The van der Waals surface area contributed by atoms with Crippen LogP contribution in [0.25, 0.3) is 0 Å². The Morgan fingerprint density at radius 2 is 2.10 bits per heavy atom. The first kappa shape index (κ1) is 15.4. The van der Waals surface area contributed by atoms with Crippen LogP contribution in [0.4, 0.5) is 0 Å². The van der Waals surface area contributed by atoms with E-state index in [1.165, 1.54) is 0 Å². The zero-order valence-corrected chi connectivity index (χ0v) is 13.1. The van der Waals surface area contributed by atoms with Crippen LogP contribution in [0, 0.1) is 0 Å². The average molecular weight is 304 g/mol. The molecule has 2 aromatic heterocycles. The Hall–Kier alpha value is -1.94. The lowest BCUT2D eigenvalue weighted by molar-refractivity contribution is 0.0950. The van der Waals surface area contributed by atoms with Gasteiger partial charge < -0.3 is 5.32 Å². The number of hydrogen-bond acceptors (Lipinski definition) is 3. The number of nitrogens with one attached hydrogen (secondary N) is 1. The monoisotopic (exact) mass is 303 g/mol. The quantitative estimate of drug-likeness (QED) is 0.885. The summed E-state index contributed by atoms with van der Waals surface area (Å²) in [6.07, 6.45) is 3.42. The van der Waals surface area contributed by atoms with Gasteiger partial charge in [0.1, 0.15) is 5.15 Å². The maximum atomic E-state index is 12.2. The number of nitrogens with zero attached hydrogens (tertiary/aromatic N) is 2. The Labute approximate surface area is 129 Å². The molecule has 2 rings (SSSR count). The van der Waals surface area contributed by atoms with Gasteiger partial charge in [-0.3, -0.25) is 9.78 Å². The summed E-state index contributed by atoms with van der Waals surface area (Å²) in [4.78, 5) is 20.5. The maximum absolute atomic E-state index is 12.2. The summed E-state index contributed by atoms with van der Waals surface area (Å²) < 4.78 is 0. The number of halogens is 1. The first-order valence-electron chi connectivity index (χ1n) is 6.71. The molecule has 1 N–H and O–H groups in total. The van der Waals surface area contributed by atoms with E-state index in [9.17, 15) is 4.79 Å². The van der Waals surface area contributed by atoms with Crippen molar-refractivity contribution in [3.05, 3.63) is 58.6 Å². The van der Waals surface area contributed by atoms with Gasteiger partial charge in [-0.1, -0.05) is 38.4 Å². The van der Waals surface area contributed by atoms with E-state index < -0.39 is 0 Å². The zero-order chi connectivity index (χ0) is 15.5. The highest BCUT2D eigenvalue weighted by molar-refractivity contribution is 6.29. The van der Waals surface area contributed by atoms with Crippen molar-refractivity contribution in [3.63, 3.8) is 0 Å². The lowest BCUT2D eigenvalue weighted by Gasteiger charge is -2.18. The molecule has 0 saturated carbocycles. The van der Waals surface area contributed by atoms with Gasteiger partial charge in [0.15, 0.2) is 0 Å². The van der Waals surface area contributed by atoms with Crippen LogP contribution < -0.4 is 5.32 Å². The Balaban J connectivity index is 2.14. The molecule has 4 nitrogen and oxygen atoms in total. The smallest absolute Gasteiger partial charge is 0.251 e. The fraction of sp³-hybridized carbons (Fsp3) is 0.312. The molecule has 0 atom stereocenters. The van der Waals surface area contributed by atoms with Crippen LogP contribution in [0.5, 0.6) is 0 Å². The number of carbonyl (C=O) groups is 1. The molecule has 0 saturated heterocycles. The van der Waals surface area contributed by atoms with E-state index >= 15 is 0 Å². The molecule has 0 radical (unpaired) electrons. The molecule has 0 fully saturated rings. The highest BCUT2D eigenvalue weighted by Gasteiger charge is 2.18. The normalized spacial score (nSPS) is 11.2. The maximum Gasteiger partial charge on any atom is 0.251 e. The lowest BCUT2D eigenvalue weighted by atomic mass is 9.91. The zero-order valence-electron chi connectivity index (χ0n) is 12.4. The van der Waals surface area contributed by atoms with Gasteiger partial charge in [-0.25, -0.2) is 4.98 Å². The highest BCUT2D eigenvalue weighted by atomic mass is 35.5. The van der Waals surface area contributed by atoms with Crippen molar-refractivity contribution in [2.24, 2.45) is 0 Å². The van der Waals surface area contributed by atoms with E-state index in [2.05, 4.69) is 15.3 Å². The van der Waals surface area contributed by atoms with E-state index in [-0.39, 0.29) is 11.3 Å². The molecule has 2 heterocycles. The molecule has 0 spiro atoms. The molecular weight excluding hydrogens is 286 g/mol. The fourth-order valence-electron chi connectivity index (χ4n) is 1.80. The number of amides is 1. The first-order valence-corrected chi connectivity index (χ1v) is 7.09. The molecule has 2 aromatic rings. The van der Waals surface area contributed by atoms with Crippen LogP contribution in [-0.2, 0) is 12.0 Å². The third kappa shape index (κ3) is 4.26. The Morgan fingerprint density at radius 1 is 1.33 bits per heavy atom. The molecule has 110 valence electrons. The van der Waals surface area contributed by atoms with E-state index in [0.29, 0.717) is 17.3 Å². The minimum absolute atomic E-state index is 0.163. The van der Waals surface area contributed by atoms with E-state index in [1.807, 2.05) is 32.9 Å². The molecule has 5 heteroatoms. The van der Waals surface area contributed by atoms with Crippen LogP contribution in [0.2, 0.25) is 5.15 Å². The number of carbonyl (C=O) groups excluding carboxylic acids is 1. The Bertz CT molecular complexity index is 636. The largest absolute Gasteiger partial charge is 0.348 e. The number of hydrogen-bond donors (Lipinski definition) is 1. The van der Waals surface area contributed by atoms with Gasteiger partial charge in [0.25, 0.3) is 5.91 Å². The number of aromatic nitrogens is 2. The SMILES string of the molecule is CC(C)(C)c1cc(C(=O)NCc2cccnc2)cc(Cl)n1. The van der Waals surface area contributed by atoms with Crippen molar-refractivity contribution in [1.29, 1.82) is 0 Å². The van der Waals surface area contributed by atoms with Crippen LogP contribution in [0.1, 0.15) is 42.4 Å². The predicted octanol–water partition coefficient (Wildman–Crippen LogP) is 3.36. The standard InChI is InChI=1S/C16H18ClN3O/c1-16(2,3)13-7-12(8-14(17)20-13)15(21)19-10-11-5-4-6-18-9-11/h4-9H,10H2,1-3H3,(H,19,21). The summed E-state index contributed by atoms with van der Waals surface area (Å²) in [5, 5.41) is 3.18. The summed E-state index contributed by atoms with van der Waals surface area (Å²) >= 11 is 6.02. The molecule has 1 amide bonds. The molecular formula is C16H18ClN3O. The fourth-order valence-corrected chi connectivity index (χ4v) is 2.01. The van der Waals surface area contributed by atoms with E-state index in [4.69, 9.17) is 11.6 Å². The summed E-state index contributed by atoms with van der Waals surface area (Å²) in [6.45, 7) is 6.52. The van der Waals surface area contributed by atoms with E-state index in [1.54, 1.807) is 24.5 Å². The van der Waals surface area contributed by atoms with Crippen LogP contribution in [-0.4, -0.2) is 15.9 Å². The third-order valence-corrected chi connectivity index (χ3v) is 3.19. The van der Waals surface area contributed by atoms with Gasteiger partial charge in [0, 0.05) is 35.6 Å². The van der Waals surface area contributed by atoms with Gasteiger partial charge >= 0.3 is 0 Å². The Morgan fingerprint density at radius 3 is 2.71 bits per heavy atom. The average Bonchev–Trinajstić information content (AvgIpc) is 2.44. The lowest BCUT2D eigenvalue weighted by Crippen LogP contribution is -2.24. The summed E-state index contributed by atoms with van der Waals surface area (Å²) in [7, 11) is 0. The second-order valence-corrected chi connectivity index (χ2v) is 6.24. The van der Waals surface area contributed by atoms with Gasteiger partial charge in [-0.05, 0) is 23.8 Å². The van der Waals surface area contributed by atoms with Crippen LogP contribution >= 0.6 is 11.6 Å². The molecule has 0 aliphatic carbocycles. The molecule has 0 aromatic carbocycles. The van der Waals surface area contributed by atoms with Gasteiger partial charge in [-0.15, -0.1) is 0 Å². The second-order valence-electron chi connectivity index (χ2n) is 5.86. The van der Waals surface area contributed by atoms with Crippen molar-refractivity contribution in [2.75, 3.05) is 0 Å². The van der Waals surface area contributed by atoms with Crippen molar-refractivity contribution in [2.45, 2.75) is 32.7 Å². The summed E-state index contributed by atoms with van der Waals surface area (Å²) in [5.41, 5.74) is 2.09. The number of rotatable bonds is 3. The third-order valence-electron chi connectivity index (χ3n) is 3.00. The van der Waals surface area contributed by atoms with Crippen molar-refractivity contribution in [3.8, 4) is 0 Å². The van der Waals surface area contributed by atoms with Crippen molar-refractivity contribution < 1.29 is 4.79 Å². The topological polar surface area (TPSA) is 54.9 Å². The minimum Gasteiger partial charge on any atom is -0.348 e. The van der Waals surface area contributed by atoms with E-state index in [0.717, 1.165) is 11.3 Å². The minimum atomic E-state index is -0.173.